The Labute approximate surface area is 205 Å². The summed E-state index contributed by atoms with van der Waals surface area (Å²) in [4.78, 5) is 71.5. The maximum Gasteiger partial charge on any atom is 0.357 e. The molecule has 0 aromatic heterocycles. The summed E-state index contributed by atoms with van der Waals surface area (Å²) in [5, 5.41) is 45.4. The van der Waals surface area contributed by atoms with Crippen molar-refractivity contribution in [2.24, 2.45) is 0 Å². The van der Waals surface area contributed by atoms with E-state index >= 15 is 0 Å². The first kappa shape index (κ1) is 26.5. The van der Waals surface area contributed by atoms with Crippen molar-refractivity contribution in [3.05, 3.63) is 88.0 Å². The van der Waals surface area contributed by atoms with E-state index in [-0.39, 0.29) is 13.0 Å². The molecule has 0 radical (unpaired) electrons. The van der Waals surface area contributed by atoms with Crippen LogP contribution in [0.1, 0.15) is 46.4 Å². The van der Waals surface area contributed by atoms with Crippen molar-refractivity contribution in [2.45, 2.75) is 31.9 Å². The van der Waals surface area contributed by atoms with Gasteiger partial charge in [0.05, 0.1) is 43.0 Å². The van der Waals surface area contributed by atoms with Crippen molar-refractivity contribution >= 4 is 34.7 Å². The molecule has 1 saturated heterocycles. The standard InChI is InChI=1S/C20H17N5O12/c26-19(12-6-14(22(28)29)10-15(7-12)23(30)31)36-18-4-2-1-3-5-21(18)37-20(27)13-8-16(24(32)33)11-17(9-13)25(34)35/h6-11,18H,1-5H2. The number of ether oxygens (including phenoxy) is 1. The number of benzene rings is 2. The molecule has 1 aliphatic rings. The first-order valence-corrected chi connectivity index (χ1v) is 10.5. The number of hydrogen-bond donors (Lipinski definition) is 0. The molecular weight excluding hydrogens is 502 g/mol. The summed E-state index contributed by atoms with van der Waals surface area (Å²) in [7, 11) is 0. The molecule has 1 unspecified atom stereocenters. The number of carbonyl (C=O) groups is 2. The predicted octanol–water partition coefficient (Wildman–Crippen LogP) is 3.45. The van der Waals surface area contributed by atoms with Gasteiger partial charge >= 0.3 is 11.9 Å². The first-order chi connectivity index (χ1) is 17.5. The lowest BCUT2D eigenvalue weighted by Gasteiger charge is -2.27. The van der Waals surface area contributed by atoms with Crippen LogP contribution >= 0.6 is 0 Å². The minimum Gasteiger partial charge on any atom is -0.440 e. The van der Waals surface area contributed by atoms with Crippen LogP contribution in [-0.2, 0) is 9.57 Å². The summed E-state index contributed by atoms with van der Waals surface area (Å²) in [6.07, 6.45) is 0.575. The Morgan fingerprint density at radius 3 is 1.54 bits per heavy atom. The molecule has 2 aromatic rings. The molecule has 0 spiro atoms. The maximum absolute atomic E-state index is 12.7. The molecule has 1 aliphatic heterocycles. The molecule has 1 heterocycles. The van der Waals surface area contributed by atoms with Crippen LogP contribution in [0.2, 0.25) is 0 Å². The number of hydroxylamine groups is 2. The van der Waals surface area contributed by atoms with Gasteiger partial charge in [0.15, 0.2) is 6.23 Å². The molecule has 0 amide bonds. The van der Waals surface area contributed by atoms with Crippen LogP contribution in [0.5, 0.6) is 0 Å². The Balaban J connectivity index is 1.85. The molecule has 194 valence electrons. The second-order valence-electron chi connectivity index (χ2n) is 7.73. The fourth-order valence-electron chi connectivity index (χ4n) is 3.47. The highest BCUT2D eigenvalue weighted by Gasteiger charge is 2.31. The topological polar surface area (TPSA) is 228 Å². The van der Waals surface area contributed by atoms with E-state index in [4.69, 9.17) is 9.57 Å². The normalized spacial score (nSPS) is 15.7. The lowest BCUT2D eigenvalue weighted by atomic mass is 10.1. The van der Waals surface area contributed by atoms with E-state index in [1.54, 1.807) is 0 Å². The van der Waals surface area contributed by atoms with E-state index in [1.807, 2.05) is 0 Å². The Bertz CT molecular complexity index is 1130. The molecule has 2 aromatic carbocycles. The van der Waals surface area contributed by atoms with Crippen LogP contribution in [0, 0.1) is 40.5 Å². The summed E-state index contributed by atoms with van der Waals surface area (Å²) in [6, 6.07) is 4.52. The van der Waals surface area contributed by atoms with E-state index in [2.05, 4.69) is 0 Å². The highest BCUT2D eigenvalue weighted by molar-refractivity contribution is 5.92. The molecular formula is C20H17N5O12. The minimum atomic E-state index is -1.22. The van der Waals surface area contributed by atoms with Crippen molar-refractivity contribution in [2.75, 3.05) is 6.54 Å². The lowest BCUT2D eigenvalue weighted by Crippen LogP contribution is -2.40. The third kappa shape index (κ3) is 6.54. The van der Waals surface area contributed by atoms with Crippen LogP contribution < -0.4 is 0 Å². The van der Waals surface area contributed by atoms with Crippen LogP contribution in [0.4, 0.5) is 22.7 Å². The zero-order valence-corrected chi connectivity index (χ0v) is 18.7. The van der Waals surface area contributed by atoms with Gasteiger partial charge in [-0.05, 0) is 12.8 Å². The Hall–Kier alpha value is -5.06. The van der Waals surface area contributed by atoms with Gasteiger partial charge < -0.3 is 9.57 Å². The van der Waals surface area contributed by atoms with Gasteiger partial charge in [-0.3, -0.25) is 40.5 Å². The molecule has 0 saturated carbocycles. The van der Waals surface area contributed by atoms with Gasteiger partial charge in [-0.15, -0.1) is 0 Å². The number of hydrogen-bond acceptors (Lipinski definition) is 13. The van der Waals surface area contributed by atoms with Gasteiger partial charge in [-0.2, -0.15) is 0 Å². The largest absolute Gasteiger partial charge is 0.440 e. The second kappa shape index (κ2) is 11.1. The summed E-state index contributed by atoms with van der Waals surface area (Å²) < 4.78 is 5.35. The van der Waals surface area contributed by atoms with Crippen LogP contribution in [0.15, 0.2) is 36.4 Å². The van der Waals surface area contributed by atoms with Crippen molar-refractivity contribution in [3.63, 3.8) is 0 Å². The number of rotatable bonds is 8. The second-order valence-corrected chi connectivity index (χ2v) is 7.73. The van der Waals surface area contributed by atoms with Crippen LogP contribution in [-0.4, -0.2) is 49.5 Å². The first-order valence-electron chi connectivity index (χ1n) is 10.5. The highest BCUT2D eigenvalue weighted by atomic mass is 16.7. The quantitative estimate of drug-likeness (QED) is 0.277. The zero-order chi connectivity index (χ0) is 27.3. The number of carbonyl (C=O) groups excluding carboxylic acids is 2. The smallest absolute Gasteiger partial charge is 0.357 e. The highest BCUT2D eigenvalue weighted by Crippen LogP contribution is 2.27. The van der Waals surface area contributed by atoms with Gasteiger partial charge in [0.2, 0.25) is 0 Å². The van der Waals surface area contributed by atoms with E-state index in [0.29, 0.717) is 31.4 Å². The number of nitrogens with zero attached hydrogens (tertiary/aromatic N) is 5. The van der Waals surface area contributed by atoms with Crippen LogP contribution in [0.25, 0.3) is 0 Å². The molecule has 1 atom stereocenters. The Morgan fingerprint density at radius 2 is 1.11 bits per heavy atom. The lowest BCUT2D eigenvalue weighted by molar-refractivity contribution is -0.394. The molecule has 0 aliphatic carbocycles. The number of non-ortho nitro benzene ring substituents is 4. The van der Waals surface area contributed by atoms with Crippen molar-refractivity contribution in [1.29, 1.82) is 0 Å². The Morgan fingerprint density at radius 1 is 0.676 bits per heavy atom. The monoisotopic (exact) mass is 519 g/mol. The van der Waals surface area contributed by atoms with Crippen molar-refractivity contribution in [1.82, 2.24) is 5.06 Å². The summed E-state index contributed by atoms with van der Waals surface area (Å²) in [5.74, 6) is -2.36. The van der Waals surface area contributed by atoms with Crippen molar-refractivity contribution in [3.8, 4) is 0 Å². The summed E-state index contributed by atoms with van der Waals surface area (Å²) >= 11 is 0. The Kier molecular flexibility index (Phi) is 7.98. The van der Waals surface area contributed by atoms with Crippen molar-refractivity contribution < 1.29 is 38.9 Å². The average molecular weight is 519 g/mol. The minimum absolute atomic E-state index is 0.0514. The molecule has 3 rings (SSSR count). The number of esters is 1. The van der Waals surface area contributed by atoms with Gasteiger partial charge in [-0.1, -0.05) is 11.5 Å². The SMILES string of the molecule is O=C(OC1CCCCCN1OC(=O)c1cc([N+](=O)[O-])cc([N+](=O)[O-])c1)c1cc([N+](=O)[O-])cc([N+](=O)[O-])c1. The zero-order valence-electron chi connectivity index (χ0n) is 18.7. The van der Waals surface area contributed by atoms with Crippen LogP contribution in [0.3, 0.4) is 0 Å². The van der Waals surface area contributed by atoms with Gasteiger partial charge in [0.25, 0.3) is 22.7 Å². The van der Waals surface area contributed by atoms with E-state index in [0.717, 1.165) is 29.3 Å². The molecule has 1 fully saturated rings. The molecule has 37 heavy (non-hydrogen) atoms. The van der Waals surface area contributed by atoms with Gasteiger partial charge in [-0.25, -0.2) is 9.59 Å². The van der Waals surface area contributed by atoms with E-state index < -0.39 is 71.7 Å². The molecule has 17 heteroatoms. The summed E-state index contributed by atoms with van der Waals surface area (Å²) in [6.45, 7) is 0.0514. The molecule has 0 bridgehead atoms. The third-order valence-corrected chi connectivity index (χ3v) is 5.21. The van der Waals surface area contributed by atoms with E-state index in [9.17, 15) is 50.0 Å². The molecule has 0 N–H and O–H groups in total. The summed E-state index contributed by atoms with van der Waals surface area (Å²) in [5.41, 5.74) is -3.83. The fourth-order valence-corrected chi connectivity index (χ4v) is 3.47. The molecule has 17 nitrogen and oxygen atoms in total. The predicted molar refractivity (Wildman–Crippen MR) is 119 cm³/mol. The third-order valence-electron chi connectivity index (χ3n) is 5.21. The number of nitro benzene ring substituents is 4. The fraction of sp³-hybridized carbons (Fsp3) is 0.300. The van der Waals surface area contributed by atoms with Gasteiger partial charge in [0.1, 0.15) is 0 Å². The van der Waals surface area contributed by atoms with Gasteiger partial charge in [0, 0.05) is 37.2 Å². The maximum atomic E-state index is 12.7. The number of nitro groups is 4. The van der Waals surface area contributed by atoms with E-state index in [1.165, 1.54) is 0 Å². The average Bonchev–Trinajstić information content (AvgIpc) is 3.07.